The second-order valence-electron chi connectivity index (χ2n) is 3.69. The first kappa shape index (κ1) is 15.2. The number of nitrogens with one attached hydrogen (secondary N) is 1. The van der Waals surface area contributed by atoms with Crippen LogP contribution in [0.5, 0.6) is 0 Å². The molecule has 0 atom stereocenters. The largest absolute Gasteiger partial charge is 0.465 e. The number of hydrogen-bond donors (Lipinski definition) is 1. The van der Waals surface area contributed by atoms with E-state index >= 15 is 0 Å². The van der Waals surface area contributed by atoms with Gasteiger partial charge in [-0.2, -0.15) is 5.26 Å². The Bertz CT molecular complexity index is 585. The van der Waals surface area contributed by atoms with E-state index in [0.717, 1.165) is 0 Å². The highest BCUT2D eigenvalue weighted by atomic mass is 16.6. The van der Waals surface area contributed by atoms with Gasteiger partial charge in [0.15, 0.2) is 5.57 Å². The molecule has 0 saturated carbocycles. The molecular formula is C13H13N3O4. The second kappa shape index (κ2) is 6.89. The fourth-order valence-electron chi connectivity index (χ4n) is 1.57. The van der Waals surface area contributed by atoms with Crippen molar-refractivity contribution in [1.82, 2.24) is 5.32 Å². The van der Waals surface area contributed by atoms with Gasteiger partial charge in [0.1, 0.15) is 6.07 Å². The lowest BCUT2D eigenvalue weighted by atomic mass is 10.1. The van der Waals surface area contributed by atoms with Crippen LogP contribution in [0.1, 0.15) is 12.5 Å². The number of hydrogen-bond acceptors (Lipinski definition) is 6. The zero-order chi connectivity index (χ0) is 15.1. The summed E-state index contributed by atoms with van der Waals surface area (Å²) in [6, 6.07) is 7.33. The summed E-state index contributed by atoms with van der Waals surface area (Å²) in [5.41, 5.74) is 0.542. The van der Waals surface area contributed by atoms with Crippen LogP contribution in [0.4, 0.5) is 5.69 Å². The van der Waals surface area contributed by atoms with Crippen molar-refractivity contribution in [3.05, 3.63) is 45.5 Å². The van der Waals surface area contributed by atoms with Crippen molar-refractivity contribution in [1.29, 1.82) is 5.26 Å². The molecule has 104 valence electrons. The molecule has 7 heteroatoms. The Morgan fingerprint density at radius 3 is 2.45 bits per heavy atom. The summed E-state index contributed by atoms with van der Waals surface area (Å²) in [7, 11) is 1.18. The van der Waals surface area contributed by atoms with E-state index in [9.17, 15) is 14.9 Å². The maximum Gasteiger partial charge on any atom is 0.350 e. The van der Waals surface area contributed by atoms with Crippen LogP contribution in [0, 0.1) is 21.4 Å². The lowest BCUT2D eigenvalue weighted by Crippen LogP contribution is -2.17. The standard InChI is InChI=1S/C13H13N3O4/c1-3-15-12(11(8-14)13(17)20-2)9-4-6-10(7-5-9)16(18)19/h4-7,15H,3H2,1-2H3/b12-11-. The molecule has 0 spiro atoms. The molecule has 0 radical (unpaired) electrons. The number of nitriles is 1. The minimum absolute atomic E-state index is 0.0684. The van der Waals surface area contributed by atoms with Crippen LogP contribution in [0.15, 0.2) is 29.8 Å². The Balaban J connectivity index is 3.33. The van der Waals surface area contributed by atoms with Crippen molar-refractivity contribution >= 4 is 17.4 Å². The highest BCUT2D eigenvalue weighted by Crippen LogP contribution is 2.20. The molecule has 1 rings (SSSR count). The SMILES string of the molecule is CCN/C(=C(/C#N)C(=O)OC)c1ccc([N+](=O)[O-])cc1. The van der Waals surface area contributed by atoms with Crippen molar-refractivity contribution in [3.63, 3.8) is 0 Å². The number of carbonyl (C=O) groups is 1. The molecule has 7 nitrogen and oxygen atoms in total. The van der Waals surface area contributed by atoms with Gasteiger partial charge in [0, 0.05) is 18.7 Å². The first-order valence-electron chi connectivity index (χ1n) is 5.76. The molecule has 0 fully saturated rings. The van der Waals surface area contributed by atoms with Crippen molar-refractivity contribution < 1.29 is 14.5 Å². The normalized spacial score (nSPS) is 11.1. The number of rotatable bonds is 5. The summed E-state index contributed by atoms with van der Waals surface area (Å²) < 4.78 is 4.55. The lowest BCUT2D eigenvalue weighted by Gasteiger charge is -2.11. The maximum absolute atomic E-state index is 11.6. The lowest BCUT2D eigenvalue weighted by molar-refractivity contribution is -0.384. The van der Waals surface area contributed by atoms with E-state index in [1.807, 2.05) is 0 Å². The van der Waals surface area contributed by atoms with E-state index in [-0.39, 0.29) is 17.0 Å². The smallest absolute Gasteiger partial charge is 0.350 e. The number of carbonyl (C=O) groups excluding carboxylic acids is 1. The molecule has 0 aliphatic rings. The number of nitrogens with zero attached hydrogens (tertiary/aromatic N) is 2. The topological polar surface area (TPSA) is 105 Å². The van der Waals surface area contributed by atoms with E-state index in [2.05, 4.69) is 10.1 Å². The molecule has 0 amide bonds. The van der Waals surface area contributed by atoms with Gasteiger partial charge in [-0.3, -0.25) is 10.1 Å². The summed E-state index contributed by atoms with van der Waals surface area (Å²) in [6.07, 6.45) is 0. The Hall–Kier alpha value is -2.88. The molecule has 0 aliphatic carbocycles. The predicted octanol–water partition coefficient (Wildman–Crippen LogP) is 1.61. The van der Waals surface area contributed by atoms with Gasteiger partial charge in [-0.1, -0.05) is 0 Å². The maximum atomic E-state index is 11.6. The molecule has 0 saturated heterocycles. The zero-order valence-corrected chi connectivity index (χ0v) is 11.0. The van der Waals surface area contributed by atoms with Crippen LogP contribution in [0.2, 0.25) is 0 Å². The van der Waals surface area contributed by atoms with Gasteiger partial charge in [0.2, 0.25) is 0 Å². The fourth-order valence-corrected chi connectivity index (χ4v) is 1.57. The molecule has 0 unspecified atom stereocenters. The third-order valence-electron chi connectivity index (χ3n) is 2.47. The summed E-state index contributed by atoms with van der Waals surface area (Å²) in [5, 5.41) is 22.6. The monoisotopic (exact) mass is 275 g/mol. The van der Waals surface area contributed by atoms with Crippen LogP contribution >= 0.6 is 0 Å². The first-order valence-corrected chi connectivity index (χ1v) is 5.76. The molecule has 0 aromatic heterocycles. The van der Waals surface area contributed by atoms with E-state index in [0.29, 0.717) is 12.1 Å². The van der Waals surface area contributed by atoms with Crippen molar-refractivity contribution in [2.45, 2.75) is 6.92 Å². The Labute approximate surface area is 115 Å². The van der Waals surface area contributed by atoms with E-state index in [1.165, 1.54) is 31.4 Å². The number of esters is 1. The van der Waals surface area contributed by atoms with Crippen LogP contribution < -0.4 is 5.32 Å². The van der Waals surface area contributed by atoms with E-state index in [4.69, 9.17) is 5.26 Å². The molecule has 20 heavy (non-hydrogen) atoms. The molecular weight excluding hydrogens is 262 g/mol. The van der Waals surface area contributed by atoms with Gasteiger partial charge in [0.05, 0.1) is 17.7 Å². The Kier molecular flexibility index (Phi) is 5.23. The van der Waals surface area contributed by atoms with Gasteiger partial charge < -0.3 is 10.1 Å². The van der Waals surface area contributed by atoms with Crippen LogP contribution in [-0.4, -0.2) is 24.5 Å². The van der Waals surface area contributed by atoms with Gasteiger partial charge in [-0.15, -0.1) is 0 Å². The first-order chi connectivity index (χ1) is 9.54. The van der Waals surface area contributed by atoms with Crippen LogP contribution in [0.3, 0.4) is 0 Å². The molecule has 0 heterocycles. The summed E-state index contributed by atoms with van der Waals surface area (Å²) in [6.45, 7) is 2.28. The average molecular weight is 275 g/mol. The summed E-state index contributed by atoms with van der Waals surface area (Å²) >= 11 is 0. The number of nitro groups is 1. The van der Waals surface area contributed by atoms with Gasteiger partial charge in [-0.05, 0) is 24.6 Å². The number of benzene rings is 1. The number of ether oxygens (including phenoxy) is 1. The second-order valence-corrected chi connectivity index (χ2v) is 3.69. The van der Waals surface area contributed by atoms with E-state index < -0.39 is 10.9 Å². The highest BCUT2D eigenvalue weighted by Gasteiger charge is 2.17. The number of non-ortho nitro benzene ring substituents is 1. The average Bonchev–Trinajstić information content (AvgIpc) is 2.46. The van der Waals surface area contributed by atoms with Crippen molar-refractivity contribution in [3.8, 4) is 6.07 Å². The van der Waals surface area contributed by atoms with E-state index in [1.54, 1.807) is 13.0 Å². The van der Waals surface area contributed by atoms with Gasteiger partial charge in [0.25, 0.3) is 5.69 Å². The Morgan fingerprint density at radius 1 is 1.45 bits per heavy atom. The van der Waals surface area contributed by atoms with Crippen LogP contribution in [0.25, 0.3) is 5.70 Å². The number of methoxy groups -OCH3 is 1. The third-order valence-corrected chi connectivity index (χ3v) is 2.47. The Morgan fingerprint density at radius 2 is 2.05 bits per heavy atom. The minimum Gasteiger partial charge on any atom is -0.465 e. The zero-order valence-electron chi connectivity index (χ0n) is 11.0. The molecule has 0 bridgehead atoms. The van der Waals surface area contributed by atoms with Gasteiger partial charge >= 0.3 is 5.97 Å². The van der Waals surface area contributed by atoms with Crippen LogP contribution in [-0.2, 0) is 9.53 Å². The number of nitro benzene ring substituents is 1. The molecule has 0 aliphatic heterocycles. The summed E-state index contributed by atoms with van der Waals surface area (Å²) in [4.78, 5) is 21.6. The predicted molar refractivity (Wildman–Crippen MR) is 71.3 cm³/mol. The fraction of sp³-hybridized carbons (Fsp3) is 0.231. The molecule has 1 N–H and O–H groups in total. The van der Waals surface area contributed by atoms with Gasteiger partial charge in [-0.25, -0.2) is 4.79 Å². The third kappa shape index (κ3) is 3.32. The molecule has 1 aromatic carbocycles. The summed E-state index contributed by atoms with van der Waals surface area (Å²) in [5.74, 6) is -0.762. The quantitative estimate of drug-likeness (QED) is 0.288. The molecule has 1 aromatic rings. The highest BCUT2D eigenvalue weighted by molar-refractivity contribution is 6.01. The minimum atomic E-state index is -0.762. The van der Waals surface area contributed by atoms with Crippen molar-refractivity contribution in [2.75, 3.05) is 13.7 Å². The van der Waals surface area contributed by atoms with Crippen molar-refractivity contribution in [2.24, 2.45) is 0 Å².